The highest BCUT2D eigenvalue weighted by atomic mass is 16.6. The van der Waals surface area contributed by atoms with Gasteiger partial charge in [0.2, 0.25) is 0 Å². The highest BCUT2D eigenvalue weighted by molar-refractivity contribution is 5.75. The van der Waals surface area contributed by atoms with Crippen LogP contribution in [0, 0.1) is 11.8 Å². The zero-order valence-electron chi connectivity index (χ0n) is 18.4. The van der Waals surface area contributed by atoms with Gasteiger partial charge in [0.25, 0.3) is 0 Å². The van der Waals surface area contributed by atoms with Crippen LogP contribution in [0.4, 0.5) is 0 Å². The minimum absolute atomic E-state index is 0.0791. The molecular formula is C22H34O10. The summed E-state index contributed by atoms with van der Waals surface area (Å²) in [5.41, 5.74) is 0. The van der Waals surface area contributed by atoms with Crippen molar-refractivity contribution in [2.45, 2.75) is 50.1 Å². The van der Waals surface area contributed by atoms with E-state index in [1.165, 1.54) is 0 Å². The second-order valence-corrected chi connectivity index (χ2v) is 8.78. The Kier molecular flexibility index (Phi) is 9.12. The number of carbonyl (C=O) groups is 2. The number of esters is 2. The Morgan fingerprint density at radius 2 is 0.875 bits per heavy atom. The lowest BCUT2D eigenvalue weighted by molar-refractivity contribution is -0.155. The third kappa shape index (κ3) is 9.68. The van der Waals surface area contributed by atoms with Gasteiger partial charge in [-0.25, -0.2) is 0 Å². The van der Waals surface area contributed by atoms with Crippen LogP contribution < -0.4 is 0 Å². The molecule has 0 N–H and O–H groups in total. The van der Waals surface area contributed by atoms with Crippen molar-refractivity contribution in [2.24, 2.45) is 11.8 Å². The second kappa shape index (κ2) is 12.2. The van der Waals surface area contributed by atoms with Crippen LogP contribution in [-0.2, 0) is 47.5 Å². The van der Waals surface area contributed by atoms with Gasteiger partial charge in [0.15, 0.2) is 0 Å². The minimum Gasteiger partial charge on any atom is -0.463 e. The van der Waals surface area contributed by atoms with Crippen LogP contribution in [0.5, 0.6) is 0 Å². The fraction of sp³-hybridized carbons (Fsp3) is 0.909. The summed E-state index contributed by atoms with van der Waals surface area (Å²) in [5.74, 6) is -0.466. The van der Waals surface area contributed by atoms with Gasteiger partial charge >= 0.3 is 11.9 Å². The summed E-state index contributed by atoms with van der Waals surface area (Å²) in [5, 5.41) is 0. The maximum atomic E-state index is 11.8. The molecule has 10 nitrogen and oxygen atoms in total. The lowest BCUT2D eigenvalue weighted by Crippen LogP contribution is -2.29. The van der Waals surface area contributed by atoms with Gasteiger partial charge in [0, 0.05) is 0 Å². The molecule has 4 heterocycles. The van der Waals surface area contributed by atoms with Crippen LogP contribution in [-0.4, -0.2) is 102 Å². The molecule has 4 atom stereocenters. The van der Waals surface area contributed by atoms with E-state index in [1.54, 1.807) is 0 Å². The van der Waals surface area contributed by atoms with E-state index in [0.717, 1.165) is 13.2 Å². The summed E-state index contributed by atoms with van der Waals surface area (Å²) in [6.45, 7) is 6.57. The summed E-state index contributed by atoms with van der Waals surface area (Å²) in [4.78, 5) is 23.6. The molecular weight excluding hydrogens is 424 g/mol. The number of carbonyl (C=O) groups excluding carboxylic acids is 2. The molecule has 32 heavy (non-hydrogen) atoms. The number of epoxide rings is 4. The van der Waals surface area contributed by atoms with Crippen LogP contribution in [0.2, 0.25) is 0 Å². The lowest BCUT2D eigenvalue weighted by atomic mass is 9.82. The van der Waals surface area contributed by atoms with E-state index in [1.807, 2.05) is 0 Å². The summed E-state index contributed by atoms with van der Waals surface area (Å²) in [6.07, 6.45) is 3.72. The Morgan fingerprint density at radius 1 is 0.562 bits per heavy atom. The molecule has 4 saturated heterocycles. The van der Waals surface area contributed by atoms with Crippen molar-refractivity contribution in [2.75, 3.05) is 66.1 Å². The zero-order chi connectivity index (χ0) is 22.2. The molecule has 1 aliphatic carbocycles. The predicted molar refractivity (Wildman–Crippen MR) is 108 cm³/mol. The predicted octanol–water partition coefficient (Wildman–Crippen LogP) is 0.494. The average molecular weight is 459 g/mol. The largest absolute Gasteiger partial charge is 0.463 e. The Balaban J connectivity index is 0.000000174. The summed E-state index contributed by atoms with van der Waals surface area (Å²) >= 11 is 0. The van der Waals surface area contributed by atoms with Crippen molar-refractivity contribution in [1.82, 2.24) is 0 Å². The highest BCUT2D eigenvalue weighted by Gasteiger charge is 2.34. The monoisotopic (exact) mass is 458 g/mol. The van der Waals surface area contributed by atoms with Gasteiger partial charge in [-0.2, -0.15) is 0 Å². The molecule has 182 valence electrons. The van der Waals surface area contributed by atoms with Gasteiger partial charge in [-0.3, -0.25) is 9.59 Å². The fourth-order valence-electron chi connectivity index (χ4n) is 3.36. The number of hydrogen-bond donors (Lipinski definition) is 0. The first-order valence-electron chi connectivity index (χ1n) is 11.6. The van der Waals surface area contributed by atoms with E-state index in [-0.39, 0.29) is 36.0 Å². The van der Waals surface area contributed by atoms with Crippen molar-refractivity contribution in [1.29, 1.82) is 0 Å². The lowest BCUT2D eigenvalue weighted by Gasteiger charge is -2.25. The second-order valence-electron chi connectivity index (χ2n) is 8.78. The topological polar surface area (TPSA) is 121 Å². The number of rotatable bonds is 13. The van der Waals surface area contributed by atoms with Crippen LogP contribution in [0.3, 0.4) is 0 Å². The van der Waals surface area contributed by atoms with Gasteiger partial charge in [-0.1, -0.05) is 0 Å². The van der Waals surface area contributed by atoms with E-state index in [0.29, 0.717) is 90.7 Å². The first kappa shape index (κ1) is 23.8. The van der Waals surface area contributed by atoms with Crippen LogP contribution in [0.15, 0.2) is 0 Å². The van der Waals surface area contributed by atoms with Crippen LogP contribution in [0.25, 0.3) is 0 Å². The summed E-state index contributed by atoms with van der Waals surface area (Å²) in [6, 6.07) is 0. The van der Waals surface area contributed by atoms with E-state index >= 15 is 0 Å². The molecule has 0 amide bonds. The van der Waals surface area contributed by atoms with Crippen LogP contribution in [0.1, 0.15) is 25.7 Å². The van der Waals surface area contributed by atoms with Gasteiger partial charge in [-0.05, 0) is 25.7 Å². The molecule has 5 aliphatic rings. The van der Waals surface area contributed by atoms with Gasteiger partial charge in [0.05, 0.1) is 64.7 Å². The summed E-state index contributed by atoms with van der Waals surface area (Å²) < 4.78 is 40.9. The fourth-order valence-corrected chi connectivity index (χ4v) is 3.36. The molecule has 1 saturated carbocycles. The molecule has 5 fully saturated rings. The minimum atomic E-state index is -0.154. The third-order valence-corrected chi connectivity index (χ3v) is 5.81. The Labute approximate surface area is 188 Å². The molecule has 0 bridgehead atoms. The highest BCUT2D eigenvalue weighted by Crippen LogP contribution is 2.31. The van der Waals surface area contributed by atoms with Crippen molar-refractivity contribution in [3.63, 3.8) is 0 Å². The van der Waals surface area contributed by atoms with Crippen molar-refractivity contribution in [3.05, 3.63) is 0 Å². The van der Waals surface area contributed by atoms with Gasteiger partial charge in [-0.15, -0.1) is 0 Å². The van der Waals surface area contributed by atoms with Gasteiger partial charge < -0.3 is 37.9 Å². The maximum Gasteiger partial charge on any atom is 0.309 e. The van der Waals surface area contributed by atoms with Crippen molar-refractivity contribution >= 4 is 11.9 Å². The first-order chi connectivity index (χ1) is 15.7. The Bertz CT molecular complexity index is 538. The molecule has 0 spiro atoms. The molecule has 0 aromatic heterocycles. The SMILES string of the molecule is C(COCC1CO1)OCC1CO1.O=C(OCC1CO1)C1CCC(C(=O)OCC2CO2)CC1. The molecule has 5 rings (SSSR count). The van der Waals surface area contributed by atoms with Gasteiger partial charge in [0.1, 0.15) is 37.6 Å². The molecule has 0 aromatic carbocycles. The van der Waals surface area contributed by atoms with E-state index < -0.39 is 0 Å². The Hall–Kier alpha value is -1.30. The summed E-state index contributed by atoms with van der Waals surface area (Å²) in [7, 11) is 0. The zero-order valence-corrected chi connectivity index (χ0v) is 18.4. The Morgan fingerprint density at radius 3 is 1.19 bits per heavy atom. The third-order valence-electron chi connectivity index (χ3n) is 5.81. The standard InChI is InChI=1S/C14H20O6.C8H14O4/c15-13(19-7-11-5-17-11)9-1-2-10(4-3-9)14(16)20-8-12-6-18-12;1(9-3-7-5-11-7)2-10-4-8-6-12-8/h9-12H,1-8H2;7-8H,1-6H2. The smallest absolute Gasteiger partial charge is 0.309 e. The van der Waals surface area contributed by atoms with E-state index in [2.05, 4.69) is 0 Å². The van der Waals surface area contributed by atoms with Crippen molar-refractivity contribution < 1.29 is 47.5 Å². The quantitative estimate of drug-likeness (QED) is 0.219. The van der Waals surface area contributed by atoms with E-state index in [4.69, 9.17) is 37.9 Å². The molecule has 0 radical (unpaired) electrons. The number of ether oxygens (including phenoxy) is 8. The molecule has 0 aromatic rings. The first-order valence-corrected chi connectivity index (χ1v) is 11.6. The van der Waals surface area contributed by atoms with E-state index in [9.17, 15) is 9.59 Å². The van der Waals surface area contributed by atoms with Crippen molar-refractivity contribution in [3.8, 4) is 0 Å². The normalized spacial score (nSPS) is 34.0. The molecule has 4 aliphatic heterocycles. The number of hydrogen-bond acceptors (Lipinski definition) is 10. The molecule has 4 unspecified atom stereocenters. The van der Waals surface area contributed by atoms with Crippen LogP contribution >= 0.6 is 0 Å². The average Bonchev–Trinajstić information content (AvgIpc) is 3.67. The maximum absolute atomic E-state index is 11.8. The molecule has 10 heteroatoms.